The van der Waals surface area contributed by atoms with Crippen LogP contribution in [0.5, 0.6) is 5.75 Å². The minimum absolute atomic E-state index is 0.0596. The molecule has 1 aromatic heterocycles. The molecule has 0 saturated carbocycles. The average molecular weight is 496 g/mol. The number of alkyl halides is 6. The first-order valence-corrected chi connectivity index (χ1v) is 10.7. The third-order valence-corrected chi connectivity index (χ3v) is 6.19. The Morgan fingerprint density at radius 1 is 1.06 bits per heavy atom. The first-order valence-electron chi connectivity index (χ1n) is 10.7. The Hall–Kier alpha value is -3.70. The molecule has 2 aliphatic rings. The minimum Gasteiger partial charge on any atom is -0.406 e. The normalized spacial score (nSPS) is 21.3. The van der Waals surface area contributed by atoms with Crippen LogP contribution < -0.4 is 15.4 Å². The number of hydrogen-bond acceptors (Lipinski definition) is 4. The highest BCUT2D eigenvalue weighted by Crippen LogP contribution is 2.51. The van der Waals surface area contributed by atoms with Crippen molar-refractivity contribution in [3.05, 3.63) is 71.4 Å². The molecule has 5 rings (SSSR count). The van der Waals surface area contributed by atoms with Gasteiger partial charge in [-0.2, -0.15) is 18.3 Å². The van der Waals surface area contributed by atoms with Crippen molar-refractivity contribution >= 4 is 17.4 Å². The molecule has 12 heteroatoms. The molecule has 2 heterocycles. The Bertz CT molecular complexity index is 1250. The summed E-state index contributed by atoms with van der Waals surface area (Å²) in [6.07, 6.45) is -8.66. The lowest BCUT2D eigenvalue weighted by Gasteiger charge is -2.43. The van der Waals surface area contributed by atoms with Gasteiger partial charge in [0.15, 0.2) is 11.7 Å². The number of hydrogen-bond donors (Lipinski definition) is 2. The summed E-state index contributed by atoms with van der Waals surface area (Å²) in [4.78, 5) is 12.7. The van der Waals surface area contributed by atoms with Gasteiger partial charge in [0.25, 0.3) is 5.91 Å². The van der Waals surface area contributed by atoms with Crippen molar-refractivity contribution in [2.45, 2.75) is 37.5 Å². The van der Waals surface area contributed by atoms with Crippen molar-refractivity contribution in [2.75, 3.05) is 10.6 Å². The average Bonchev–Trinajstić information content (AvgIpc) is 3.20. The Morgan fingerprint density at radius 3 is 2.46 bits per heavy atom. The molecular weight excluding hydrogens is 478 g/mol. The van der Waals surface area contributed by atoms with E-state index in [1.807, 2.05) is 12.1 Å². The highest BCUT2D eigenvalue weighted by molar-refractivity contribution is 6.03. The lowest BCUT2D eigenvalue weighted by molar-refractivity contribution is -0.274. The van der Waals surface area contributed by atoms with Gasteiger partial charge in [0.1, 0.15) is 11.6 Å². The summed E-state index contributed by atoms with van der Waals surface area (Å²) in [6.45, 7) is 0. The highest BCUT2D eigenvalue weighted by Gasteiger charge is 2.53. The lowest BCUT2D eigenvalue weighted by Crippen LogP contribution is -2.45. The zero-order valence-corrected chi connectivity index (χ0v) is 17.8. The number of rotatable bonds is 3. The van der Waals surface area contributed by atoms with Gasteiger partial charge in [-0.05, 0) is 48.2 Å². The van der Waals surface area contributed by atoms with E-state index in [2.05, 4.69) is 20.5 Å². The Morgan fingerprint density at radius 2 is 1.77 bits per heavy atom. The lowest BCUT2D eigenvalue weighted by atomic mass is 9.75. The molecule has 6 nitrogen and oxygen atoms in total. The molecule has 3 aromatic rings. The van der Waals surface area contributed by atoms with Gasteiger partial charge in [0, 0.05) is 17.7 Å². The van der Waals surface area contributed by atoms with E-state index in [1.165, 1.54) is 18.2 Å². The maximum atomic E-state index is 14.2. The number of nitrogens with zero attached hydrogens (tertiary/aromatic N) is 2. The number of halogens is 6. The summed E-state index contributed by atoms with van der Waals surface area (Å²) in [6, 6.07) is 10.4. The maximum Gasteiger partial charge on any atom is 0.573 e. The van der Waals surface area contributed by atoms with Crippen LogP contribution in [0.2, 0.25) is 0 Å². The van der Waals surface area contributed by atoms with Crippen LogP contribution in [-0.2, 0) is 6.42 Å². The molecule has 0 saturated heterocycles. The minimum atomic E-state index is -4.86. The molecular formula is C23H18F6N4O2. The zero-order chi connectivity index (χ0) is 25.0. The van der Waals surface area contributed by atoms with Crippen molar-refractivity contribution in [2.24, 2.45) is 5.92 Å². The second-order valence-corrected chi connectivity index (χ2v) is 8.40. The smallest absolute Gasteiger partial charge is 0.406 e. The van der Waals surface area contributed by atoms with E-state index in [0.29, 0.717) is 12.8 Å². The Labute approximate surface area is 194 Å². The van der Waals surface area contributed by atoms with Gasteiger partial charge >= 0.3 is 12.5 Å². The fourth-order valence-corrected chi connectivity index (χ4v) is 4.79. The monoisotopic (exact) mass is 496 g/mol. The second-order valence-electron chi connectivity index (χ2n) is 8.40. The van der Waals surface area contributed by atoms with E-state index >= 15 is 0 Å². The van der Waals surface area contributed by atoms with Crippen LogP contribution in [-0.4, -0.2) is 28.2 Å². The van der Waals surface area contributed by atoms with Crippen LogP contribution in [0, 0.1) is 5.92 Å². The van der Waals surface area contributed by atoms with Crippen LogP contribution >= 0.6 is 0 Å². The van der Waals surface area contributed by atoms with Gasteiger partial charge in [-0.15, -0.1) is 13.2 Å². The molecule has 0 unspecified atom stereocenters. The molecule has 35 heavy (non-hydrogen) atoms. The predicted octanol–water partition coefficient (Wildman–Crippen LogP) is 5.87. The van der Waals surface area contributed by atoms with E-state index in [9.17, 15) is 31.1 Å². The highest BCUT2D eigenvalue weighted by atomic mass is 19.4. The quantitative estimate of drug-likeness (QED) is 0.446. The van der Waals surface area contributed by atoms with E-state index in [4.69, 9.17) is 0 Å². The zero-order valence-electron chi connectivity index (χ0n) is 17.8. The number of carbonyl (C=O) groups is 1. The van der Waals surface area contributed by atoms with Gasteiger partial charge in [-0.25, -0.2) is 4.68 Å². The molecule has 1 aliphatic carbocycles. The Kier molecular flexibility index (Phi) is 5.41. The fraction of sp³-hybridized carbons (Fsp3) is 0.304. The molecule has 1 amide bonds. The van der Waals surface area contributed by atoms with E-state index in [-0.39, 0.29) is 17.2 Å². The van der Waals surface area contributed by atoms with Crippen molar-refractivity contribution in [3.8, 4) is 5.75 Å². The van der Waals surface area contributed by atoms with Crippen LogP contribution in [0.1, 0.15) is 40.1 Å². The van der Waals surface area contributed by atoms with E-state index in [1.54, 1.807) is 12.1 Å². The van der Waals surface area contributed by atoms with Crippen LogP contribution in [0.4, 0.5) is 37.8 Å². The standard InChI is InChI=1S/C23H18F6N4O2/c24-22(25,26)20-16-10-5-12-3-1-2-4-15(12)19(16)31-18-11-17(32-33(18)20)21(34)30-13-6-8-14(9-7-13)35-23(27,28)29/h1-4,6-9,11,16,19-20,31H,5,10H2,(H,30,34)/t16-,19-,20-/m0/s1. The summed E-state index contributed by atoms with van der Waals surface area (Å²) in [5.74, 6) is -2.03. The number of aromatic nitrogens is 2. The topological polar surface area (TPSA) is 68.2 Å². The molecule has 0 fully saturated rings. The maximum absolute atomic E-state index is 14.2. The Balaban J connectivity index is 1.41. The summed E-state index contributed by atoms with van der Waals surface area (Å²) >= 11 is 0. The number of nitrogens with one attached hydrogen (secondary N) is 2. The summed E-state index contributed by atoms with van der Waals surface area (Å²) in [5.41, 5.74) is 1.63. The molecule has 2 N–H and O–H groups in total. The number of ether oxygens (including phenoxy) is 1. The number of fused-ring (bicyclic) bond motifs is 4. The van der Waals surface area contributed by atoms with Gasteiger partial charge < -0.3 is 15.4 Å². The van der Waals surface area contributed by atoms with Gasteiger partial charge in [0.05, 0.1) is 6.04 Å². The first kappa shape index (κ1) is 23.1. The number of carbonyl (C=O) groups excluding carboxylic acids is 1. The van der Waals surface area contributed by atoms with Crippen molar-refractivity contribution < 1.29 is 35.9 Å². The third kappa shape index (κ3) is 4.52. The van der Waals surface area contributed by atoms with Crippen LogP contribution in [0.25, 0.3) is 0 Å². The van der Waals surface area contributed by atoms with E-state index in [0.717, 1.165) is 27.9 Å². The molecule has 0 bridgehead atoms. The van der Waals surface area contributed by atoms with Gasteiger partial charge in [-0.3, -0.25) is 4.79 Å². The summed E-state index contributed by atoms with van der Waals surface area (Å²) in [7, 11) is 0. The molecule has 3 atom stereocenters. The molecule has 0 radical (unpaired) electrons. The van der Waals surface area contributed by atoms with E-state index < -0.39 is 42.2 Å². The van der Waals surface area contributed by atoms with Crippen molar-refractivity contribution in [1.29, 1.82) is 0 Å². The van der Waals surface area contributed by atoms with Crippen molar-refractivity contribution in [1.82, 2.24) is 9.78 Å². The largest absolute Gasteiger partial charge is 0.573 e. The molecule has 2 aromatic carbocycles. The van der Waals surface area contributed by atoms with Crippen LogP contribution in [0.3, 0.4) is 0 Å². The SMILES string of the molecule is O=C(Nc1ccc(OC(F)(F)F)cc1)c1cc2n(n1)[C@H](C(F)(F)F)[C@H]1CCc3ccccc3[C@@H]1N2. The number of amides is 1. The summed E-state index contributed by atoms with van der Waals surface area (Å²) in [5, 5.41) is 9.51. The third-order valence-electron chi connectivity index (χ3n) is 6.19. The number of aryl methyl sites for hydroxylation is 1. The number of benzene rings is 2. The number of anilines is 2. The predicted molar refractivity (Wildman–Crippen MR) is 113 cm³/mol. The van der Waals surface area contributed by atoms with Gasteiger partial charge in [0.2, 0.25) is 0 Å². The first-order chi connectivity index (χ1) is 16.5. The van der Waals surface area contributed by atoms with Gasteiger partial charge in [-0.1, -0.05) is 24.3 Å². The molecule has 1 aliphatic heterocycles. The molecule has 0 spiro atoms. The van der Waals surface area contributed by atoms with Crippen molar-refractivity contribution in [3.63, 3.8) is 0 Å². The van der Waals surface area contributed by atoms with Crippen LogP contribution in [0.15, 0.2) is 54.6 Å². The second kappa shape index (κ2) is 8.21. The summed E-state index contributed by atoms with van der Waals surface area (Å²) < 4.78 is 84.1. The molecule has 184 valence electrons. The fourth-order valence-electron chi connectivity index (χ4n) is 4.79.